The third-order valence-corrected chi connectivity index (χ3v) is 6.57. The molecule has 0 aliphatic rings. The molecule has 33 heavy (non-hydrogen) atoms. The molecule has 0 unspecified atom stereocenters. The van der Waals surface area contributed by atoms with E-state index < -0.39 is 0 Å². The topological polar surface area (TPSA) is 93.1 Å². The Bertz CT molecular complexity index is 1420. The van der Waals surface area contributed by atoms with Gasteiger partial charge in [0.15, 0.2) is 0 Å². The van der Waals surface area contributed by atoms with Crippen LogP contribution in [0.3, 0.4) is 0 Å². The zero-order valence-corrected chi connectivity index (χ0v) is 19.5. The van der Waals surface area contributed by atoms with Crippen LogP contribution in [0.2, 0.25) is 0 Å². The molecule has 0 radical (unpaired) electrons. The normalized spacial score (nSPS) is 10.9. The van der Waals surface area contributed by atoms with Crippen molar-refractivity contribution in [3.63, 3.8) is 0 Å². The molecule has 2 amide bonds. The van der Waals surface area contributed by atoms with Crippen LogP contribution in [0.25, 0.3) is 10.2 Å². The van der Waals surface area contributed by atoms with Gasteiger partial charge in [0.1, 0.15) is 4.83 Å². The summed E-state index contributed by atoms with van der Waals surface area (Å²) in [5.41, 5.74) is 3.27. The second kappa shape index (κ2) is 9.38. The molecule has 0 aliphatic carbocycles. The highest BCUT2D eigenvalue weighted by molar-refractivity contribution is 7.18. The first-order valence-electron chi connectivity index (χ1n) is 10.6. The standard InChI is InChI=1S/C25H24N4O3S/c1-15-7-6-8-18(13-15)27-23(31)19-9-4-5-10-20(19)28-21(30)11-12-29-14-26-24-22(25(29)32)16(2)17(3)33-24/h4-10,13-14H,11-12H2,1-3H3,(H,27,31)(H,28,30). The number of rotatable bonds is 6. The molecule has 0 atom stereocenters. The lowest BCUT2D eigenvalue weighted by Crippen LogP contribution is -2.24. The fourth-order valence-corrected chi connectivity index (χ4v) is 4.56. The zero-order valence-electron chi connectivity index (χ0n) is 18.6. The molecule has 0 spiro atoms. The van der Waals surface area contributed by atoms with E-state index in [0.717, 1.165) is 16.0 Å². The molecular formula is C25H24N4O3S. The summed E-state index contributed by atoms with van der Waals surface area (Å²) in [5.74, 6) is -0.610. The summed E-state index contributed by atoms with van der Waals surface area (Å²) >= 11 is 1.49. The van der Waals surface area contributed by atoms with E-state index in [1.54, 1.807) is 24.3 Å². The van der Waals surface area contributed by atoms with Crippen LogP contribution in [0.5, 0.6) is 0 Å². The van der Waals surface area contributed by atoms with Crippen molar-refractivity contribution in [1.29, 1.82) is 0 Å². The molecule has 4 aromatic rings. The molecule has 2 heterocycles. The van der Waals surface area contributed by atoms with Crippen LogP contribution in [0.4, 0.5) is 11.4 Å². The van der Waals surface area contributed by atoms with Gasteiger partial charge >= 0.3 is 0 Å². The van der Waals surface area contributed by atoms with Gasteiger partial charge < -0.3 is 10.6 Å². The van der Waals surface area contributed by atoms with Gasteiger partial charge in [0.25, 0.3) is 11.5 Å². The minimum atomic E-state index is -0.314. The predicted octanol–water partition coefficient (Wildman–Crippen LogP) is 4.66. The molecule has 2 N–H and O–H groups in total. The van der Waals surface area contributed by atoms with E-state index in [1.165, 1.54) is 22.2 Å². The van der Waals surface area contributed by atoms with E-state index in [-0.39, 0.29) is 30.3 Å². The monoisotopic (exact) mass is 460 g/mol. The van der Waals surface area contributed by atoms with E-state index in [0.29, 0.717) is 27.2 Å². The number of aromatic nitrogens is 2. The van der Waals surface area contributed by atoms with Gasteiger partial charge in [-0.3, -0.25) is 19.0 Å². The lowest BCUT2D eigenvalue weighted by molar-refractivity contribution is -0.116. The van der Waals surface area contributed by atoms with Gasteiger partial charge in [-0.1, -0.05) is 24.3 Å². The number of hydrogen-bond donors (Lipinski definition) is 2. The van der Waals surface area contributed by atoms with Gasteiger partial charge in [0, 0.05) is 23.5 Å². The smallest absolute Gasteiger partial charge is 0.262 e. The third-order valence-electron chi connectivity index (χ3n) is 5.46. The first kappa shape index (κ1) is 22.4. The molecule has 168 valence electrons. The number of fused-ring (bicyclic) bond motifs is 1. The molecule has 0 saturated heterocycles. The predicted molar refractivity (Wildman–Crippen MR) is 132 cm³/mol. The van der Waals surface area contributed by atoms with E-state index in [2.05, 4.69) is 15.6 Å². The Morgan fingerprint density at radius 3 is 2.61 bits per heavy atom. The zero-order chi connectivity index (χ0) is 23.5. The van der Waals surface area contributed by atoms with Crippen molar-refractivity contribution in [3.8, 4) is 0 Å². The van der Waals surface area contributed by atoms with Gasteiger partial charge in [-0.15, -0.1) is 11.3 Å². The maximum Gasteiger partial charge on any atom is 0.262 e. The quantitative estimate of drug-likeness (QED) is 0.437. The maximum absolute atomic E-state index is 12.8. The first-order valence-corrected chi connectivity index (χ1v) is 11.4. The number of amides is 2. The van der Waals surface area contributed by atoms with Crippen LogP contribution < -0.4 is 16.2 Å². The highest BCUT2D eigenvalue weighted by Crippen LogP contribution is 2.25. The molecule has 0 bridgehead atoms. The lowest BCUT2D eigenvalue weighted by atomic mass is 10.1. The van der Waals surface area contributed by atoms with Crippen molar-refractivity contribution in [3.05, 3.63) is 86.8 Å². The number of carbonyl (C=O) groups is 2. The Morgan fingerprint density at radius 2 is 1.82 bits per heavy atom. The molecule has 4 rings (SSSR count). The SMILES string of the molecule is Cc1cccc(NC(=O)c2ccccc2NC(=O)CCn2cnc3sc(C)c(C)c3c2=O)c1. The number of nitrogens with one attached hydrogen (secondary N) is 2. The summed E-state index contributed by atoms with van der Waals surface area (Å²) in [7, 11) is 0. The van der Waals surface area contributed by atoms with Crippen LogP contribution in [0.1, 0.15) is 32.8 Å². The van der Waals surface area contributed by atoms with Gasteiger partial charge in [0.2, 0.25) is 5.91 Å². The van der Waals surface area contributed by atoms with Crippen LogP contribution in [0, 0.1) is 20.8 Å². The van der Waals surface area contributed by atoms with Crippen LogP contribution in [0.15, 0.2) is 59.7 Å². The highest BCUT2D eigenvalue weighted by atomic mass is 32.1. The Kier molecular flexibility index (Phi) is 6.37. The highest BCUT2D eigenvalue weighted by Gasteiger charge is 2.15. The summed E-state index contributed by atoms with van der Waals surface area (Å²) in [4.78, 5) is 44.4. The van der Waals surface area contributed by atoms with Crippen molar-refractivity contribution in [1.82, 2.24) is 9.55 Å². The lowest BCUT2D eigenvalue weighted by Gasteiger charge is -2.12. The van der Waals surface area contributed by atoms with Crippen molar-refractivity contribution in [2.24, 2.45) is 0 Å². The van der Waals surface area contributed by atoms with Crippen molar-refractivity contribution < 1.29 is 9.59 Å². The fourth-order valence-electron chi connectivity index (χ4n) is 3.58. The number of thiophene rings is 1. The van der Waals surface area contributed by atoms with E-state index in [4.69, 9.17) is 0 Å². The van der Waals surface area contributed by atoms with Gasteiger partial charge in [-0.05, 0) is 56.2 Å². The van der Waals surface area contributed by atoms with E-state index in [9.17, 15) is 14.4 Å². The fraction of sp³-hybridized carbons (Fsp3) is 0.200. The van der Waals surface area contributed by atoms with Crippen LogP contribution >= 0.6 is 11.3 Å². The summed E-state index contributed by atoms with van der Waals surface area (Å²) < 4.78 is 1.46. The molecule has 0 aliphatic heterocycles. The van der Waals surface area contributed by atoms with Crippen LogP contribution in [-0.4, -0.2) is 21.4 Å². The molecule has 7 nitrogen and oxygen atoms in total. The minimum Gasteiger partial charge on any atom is -0.325 e. The maximum atomic E-state index is 12.8. The Labute approximate surface area is 195 Å². The summed E-state index contributed by atoms with van der Waals surface area (Å²) in [5, 5.41) is 6.27. The molecule has 2 aromatic heterocycles. The van der Waals surface area contributed by atoms with Gasteiger partial charge in [0.05, 0.1) is 23.0 Å². The van der Waals surface area contributed by atoms with Gasteiger partial charge in [-0.25, -0.2) is 4.98 Å². The number of hydrogen-bond acceptors (Lipinski definition) is 5. The second-order valence-electron chi connectivity index (χ2n) is 7.87. The first-order chi connectivity index (χ1) is 15.8. The summed E-state index contributed by atoms with van der Waals surface area (Å²) in [6.07, 6.45) is 1.56. The second-order valence-corrected chi connectivity index (χ2v) is 9.08. The molecular weight excluding hydrogens is 436 g/mol. The Balaban J connectivity index is 1.46. The molecule has 2 aromatic carbocycles. The van der Waals surface area contributed by atoms with E-state index >= 15 is 0 Å². The van der Waals surface area contributed by atoms with E-state index in [1.807, 2.05) is 45.0 Å². The average Bonchev–Trinajstić information content (AvgIpc) is 3.08. The molecule has 8 heteroatoms. The summed E-state index contributed by atoms with van der Waals surface area (Å²) in [6, 6.07) is 14.3. The minimum absolute atomic E-state index is 0.0725. The molecule has 0 fully saturated rings. The van der Waals surface area contributed by atoms with Gasteiger partial charge in [-0.2, -0.15) is 0 Å². The number of nitrogens with zero attached hydrogens (tertiary/aromatic N) is 2. The average molecular weight is 461 g/mol. The number of para-hydroxylation sites is 1. The van der Waals surface area contributed by atoms with Crippen molar-refractivity contribution >= 4 is 44.7 Å². The molecule has 0 saturated carbocycles. The number of anilines is 2. The Morgan fingerprint density at radius 1 is 1.03 bits per heavy atom. The van der Waals surface area contributed by atoms with Crippen molar-refractivity contribution in [2.75, 3.05) is 10.6 Å². The summed E-state index contributed by atoms with van der Waals surface area (Å²) in [6.45, 7) is 6.02. The van der Waals surface area contributed by atoms with Crippen LogP contribution in [-0.2, 0) is 11.3 Å². The van der Waals surface area contributed by atoms with Crippen molar-refractivity contribution in [2.45, 2.75) is 33.7 Å². The number of benzene rings is 2. The largest absolute Gasteiger partial charge is 0.325 e. The Hall–Kier alpha value is -3.78. The third kappa shape index (κ3) is 4.85. The number of carbonyl (C=O) groups excluding carboxylic acids is 2. The number of aryl methyl sites for hydroxylation is 4.